The molecule has 6 atom stereocenters. The lowest BCUT2D eigenvalue weighted by atomic mass is 9.81. The molecule has 1 aliphatic heterocycles. The molecule has 1 fully saturated rings. The SMILES string of the molecule is C=C1C(=O)O[C@@H]2/C=C(\C)[C@H](O)[C@H](OC(C)=O)C[C@H](C)[C@@H](OC(=O)/C(C)=C\C)C[C@@H]12. The van der Waals surface area contributed by atoms with Crippen molar-refractivity contribution in [3.63, 3.8) is 0 Å². The molecule has 1 N–H and O–H groups in total. The van der Waals surface area contributed by atoms with Crippen LogP contribution in [0, 0.1) is 11.8 Å². The van der Waals surface area contributed by atoms with Gasteiger partial charge in [0, 0.05) is 24.0 Å². The van der Waals surface area contributed by atoms with E-state index in [0.29, 0.717) is 23.1 Å². The van der Waals surface area contributed by atoms with Gasteiger partial charge < -0.3 is 19.3 Å². The Morgan fingerprint density at radius 2 is 1.90 bits per heavy atom. The Kier molecular flexibility index (Phi) is 7.41. The molecule has 7 nitrogen and oxygen atoms in total. The lowest BCUT2D eigenvalue weighted by molar-refractivity contribution is -0.157. The predicted octanol–water partition coefficient (Wildman–Crippen LogP) is 2.63. The molecule has 0 aromatic rings. The van der Waals surface area contributed by atoms with E-state index < -0.39 is 42.3 Å². The van der Waals surface area contributed by atoms with Gasteiger partial charge in [-0.25, -0.2) is 9.59 Å². The second-order valence-corrected chi connectivity index (χ2v) is 7.87. The summed E-state index contributed by atoms with van der Waals surface area (Å²) in [6, 6.07) is 0. The number of aliphatic hydroxyl groups is 1. The largest absolute Gasteiger partial charge is 0.459 e. The minimum Gasteiger partial charge on any atom is -0.459 e. The van der Waals surface area contributed by atoms with Gasteiger partial charge in [0.15, 0.2) is 0 Å². The summed E-state index contributed by atoms with van der Waals surface area (Å²) >= 11 is 0. The van der Waals surface area contributed by atoms with Crippen molar-refractivity contribution in [3.05, 3.63) is 35.5 Å². The van der Waals surface area contributed by atoms with Crippen LogP contribution in [-0.4, -0.2) is 47.4 Å². The van der Waals surface area contributed by atoms with Crippen LogP contribution in [0.1, 0.15) is 47.5 Å². The van der Waals surface area contributed by atoms with Crippen LogP contribution in [0.5, 0.6) is 0 Å². The zero-order valence-corrected chi connectivity index (χ0v) is 17.6. The zero-order valence-electron chi connectivity index (χ0n) is 17.6. The van der Waals surface area contributed by atoms with Gasteiger partial charge in [0.1, 0.15) is 24.4 Å². The summed E-state index contributed by atoms with van der Waals surface area (Å²) < 4.78 is 16.5. The Labute approximate surface area is 171 Å². The van der Waals surface area contributed by atoms with Gasteiger partial charge in [0.05, 0.1) is 0 Å². The Morgan fingerprint density at radius 1 is 1.24 bits per heavy atom. The van der Waals surface area contributed by atoms with Crippen LogP contribution in [0.15, 0.2) is 35.5 Å². The number of hydrogen-bond acceptors (Lipinski definition) is 7. The summed E-state index contributed by atoms with van der Waals surface area (Å²) in [5, 5.41) is 10.7. The lowest BCUT2D eigenvalue weighted by Crippen LogP contribution is -2.39. The van der Waals surface area contributed by atoms with E-state index in [9.17, 15) is 19.5 Å². The number of fused-ring (bicyclic) bond motifs is 1. The third-order valence-corrected chi connectivity index (χ3v) is 5.65. The molecule has 1 saturated heterocycles. The van der Waals surface area contributed by atoms with E-state index in [1.54, 1.807) is 32.9 Å². The summed E-state index contributed by atoms with van der Waals surface area (Å²) in [7, 11) is 0. The van der Waals surface area contributed by atoms with Gasteiger partial charge in [-0.15, -0.1) is 0 Å². The molecule has 1 heterocycles. The highest BCUT2D eigenvalue weighted by atomic mass is 16.6. The molecule has 2 rings (SSSR count). The number of esters is 3. The van der Waals surface area contributed by atoms with Crippen molar-refractivity contribution in [1.82, 2.24) is 0 Å². The van der Waals surface area contributed by atoms with Crippen molar-refractivity contribution in [1.29, 1.82) is 0 Å². The highest BCUT2D eigenvalue weighted by molar-refractivity contribution is 5.91. The van der Waals surface area contributed by atoms with Crippen molar-refractivity contribution >= 4 is 17.9 Å². The summed E-state index contributed by atoms with van der Waals surface area (Å²) in [5.41, 5.74) is 1.33. The molecule has 1 aliphatic carbocycles. The second kappa shape index (κ2) is 9.39. The molecular weight excluding hydrogens is 376 g/mol. The summed E-state index contributed by atoms with van der Waals surface area (Å²) in [5.74, 6) is -2.09. The van der Waals surface area contributed by atoms with E-state index in [1.807, 2.05) is 6.92 Å². The molecule has 0 radical (unpaired) electrons. The van der Waals surface area contributed by atoms with Gasteiger partial charge in [-0.05, 0) is 51.2 Å². The number of hydrogen-bond donors (Lipinski definition) is 1. The fraction of sp³-hybridized carbons (Fsp3) is 0.591. The van der Waals surface area contributed by atoms with Crippen molar-refractivity contribution in [3.8, 4) is 0 Å². The number of allylic oxidation sites excluding steroid dienone is 1. The maximum absolute atomic E-state index is 12.4. The Balaban J connectivity index is 2.43. The van der Waals surface area contributed by atoms with E-state index in [4.69, 9.17) is 14.2 Å². The first kappa shape index (κ1) is 22.9. The summed E-state index contributed by atoms with van der Waals surface area (Å²) in [6.07, 6.45) is 0.873. The van der Waals surface area contributed by atoms with Crippen LogP contribution in [0.4, 0.5) is 0 Å². The van der Waals surface area contributed by atoms with Crippen molar-refractivity contribution in [2.45, 2.75) is 71.9 Å². The predicted molar refractivity (Wildman–Crippen MR) is 106 cm³/mol. The third kappa shape index (κ3) is 5.35. The summed E-state index contributed by atoms with van der Waals surface area (Å²) in [4.78, 5) is 36.0. The fourth-order valence-corrected chi connectivity index (χ4v) is 3.68. The van der Waals surface area contributed by atoms with Crippen LogP contribution in [0.2, 0.25) is 0 Å². The molecule has 0 aromatic heterocycles. The van der Waals surface area contributed by atoms with Crippen LogP contribution in [0.25, 0.3) is 0 Å². The maximum Gasteiger partial charge on any atom is 0.334 e. The molecule has 0 aromatic carbocycles. The highest BCUT2D eigenvalue weighted by Gasteiger charge is 2.43. The Bertz CT molecular complexity index is 748. The topological polar surface area (TPSA) is 99.1 Å². The molecule has 160 valence electrons. The molecule has 0 spiro atoms. The average Bonchev–Trinajstić information content (AvgIpc) is 2.91. The lowest BCUT2D eigenvalue weighted by Gasteiger charge is -2.33. The normalized spacial score (nSPS) is 35.1. The van der Waals surface area contributed by atoms with Crippen LogP contribution in [-0.2, 0) is 28.6 Å². The first-order chi connectivity index (χ1) is 13.5. The Morgan fingerprint density at radius 3 is 2.48 bits per heavy atom. The summed E-state index contributed by atoms with van der Waals surface area (Å²) in [6.45, 7) is 12.1. The van der Waals surface area contributed by atoms with Gasteiger partial charge in [-0.1, -0.05) is 19.6 Å². The van der Waals surface area contributed by atoms with Crippen LogP contribution < -0.4 is 0 Å². The molecule has 0 amide bonds. The van der Waals surface area contributed by atoms with Gasteiger partial charge in [-0.2, -0.15) is 0 Å². The molecule has 0 saturated carbocycles. The fourth-order valence-electron chi connectivity index (χ4n) is 3.68. The zero-order chi connectivity index (χ0) is 21.9. The first-order valence-corrected chi connectivity index (χ1v) is 9.82. The van der Waals surface area contributed by atoms with Crippen molar-refractivity contribution in [2.75, 3.05) is 0 Å². The molecule has 7 heteroatoms. The number of carbonyl (C=O) groups excluding carboxylic acids is 3. The first-order valence-electron chi connectivity index (χ1n) is 9.82. The van der Waals surface area contributed by atoms with Gasteiger partial charge >= 0.3 is 17.9 Å². The molecular formula is C22H30O7. The monoisotopic (exact) mass is 406 g/mol. The van der Waals surface area contributed by atoms with E-state index in [2.05, 4.69) is 6.58 Å². The minimum absolute atomic E-state index is 0.252. The number of rotatable bonds is 3. The number of carbonyl (C=O) groups is 3. The molecule has 0 bridgehead atoms. The van der Waals surface area contributed by atoms with Crippen molar-refractivity contribution in [2.24, 2.45) is 11.8 Å². The highest BCUT2D eigenvalue weighted by Crippen LogP contribution is 2.37. The maximum atomic E-state index is 12.4. The molecule has 2 aliphatic rings. The second-order valence-electron chi connectivity index (χ2n) is 7.87. The van der Waals surface area contributed by atoms with E-state index in [0.717, 1.165) is 0 Å². The Hall–Kier alpha value is -2.41. The number of aliphatic hydroxyl groups excluding tert-OH is 1. The van der Waals surface area contributed by atoms with Crippen LogP contribution >= 0.6 is 0 Å². The third-order valence-electron chi connectivity index (χ3n) is 5.65. The standard InChI is InChI=1S/C22H30O7/c1-7-11(2)21(25)28-17-10-16-14(5)22(26)29-18(16)9-13(4)20(24)19(8-12(17)3)27-15(6)23/h7,9,12,16-20,24H,5,8,10H2,1-4,6H3/b11-7-,13-9+/t12-,16-,17-,18+,19+,20-/m0/s1. The minimum atomic E-state index is -1.07. The van der Waals surface area contributed by atoms with Gasteiger partial charge in [0.25, 0.3) is 0 Å². The number of ether oxygens (including phenoxy) is 3. The van der Waals surface area contributed by atoms with Gasteiger partial charge in [-0.3, -0.25) is 4.79 Å². The van der Waals surface area contributed by atoms with E-state index in [-0.39, 0.29) is 18.3 Å². The molecule has 0 unspecified atom stereocenters. The van der Waals surface area contributed by atoms with E-state index in [1.165, 1.54) is 6.92 Å². The van der Waals surface area contributed by atoms with E-state index >= 15 is 0 Å². The van der Waals surface area contributed by atoms with Crippen molar-refractivity contribution < 1.29 is 33.7 Å². The smallest absolute Gasteiger partial charge is 0.334 e. The van der Waals surface area contributed by atoms with Crippen LogP contribution in [0.3, 0.4) is 0 Å². The molecule has 29 heavy (non-hydrogen) atoms. The quantitative estimate of drug-likeness (QED) is 0.333. The van der Waals surface area contributed by atoms with Gasteiger partial charge in [0.2, 0.25) is 0 Å². The average molecular weight is 406 g/mol.